The van der Waals surface area contributed by atoms with Crippen molar-refractivity contribution in [2.75, 3.05) is 38.7 Å². The molecule has 6 heteroatoms. The number of nitrogens with one attached hydrogen (secondary N) is 2. The maximum atomic E-state index is 13.6. The van der Waals surface area contributed by atoms with E-state index in [1.807, 2.05) is 43.3 Å². The number of fused-ring (bicyclic) bond motifs is 1. The smallest absolute Gasteiger partial charge is 0.319 e. The van der Waals surface area contributed by atoms with Gasteiger partial charge in [-0.05, 0) is 25.5 Å². The first-order valence-corrected chi connectivity index (χ1v) is 12.8. The number of anilines is 1. The van der Waals surface area contributed by atoms with E-state index in [0.717, 1.165) is 58.6 Å². The van der Waals surface area contributed by atoms with Crippen LogP contribution in [-0.2, 0) is 4.74 Å². The summed E-state index contributed by atoms with van der Waals surface area (Å²) in [5.41, 5.74) is 5.79. The molecule has 0 saturated carbocycles. The van der Waals surface area contributed by atoms with Gasteiger partial charge in [0.1, 0.15) is 0 Å². The first-order valence-electron chi connectivity index (χ1n) is 12.8. The van der Waals surface area contributed by atoms with Crippen LogP contribution in [0.25, 0.3) is 22.0 Å². The Morgan fingerprint density at radius 2 is 1.70 bits per heavy atom. The zero-order valence-electron chi connectivity index (χ0n) is 21.7. The Balaban J connectivity index is 1.46. The first kappa shape index (κ1) is 24.9. The summed E-state index contributed by atoms with van der Waals surface area (Å²) in [7, 11) is 1.72. The van der Waals surface area contributed by atoms with E-state index in [9.17, 15) is 4.79 Å². The van der Waals surface area contributed by atoms with Crippen molar-refractivity contribution in [3.63, 3.8) is 0 Å². The molecule has 6 nitrogen and oxygen atoms in total. The molecule has 4 aromatic rings. The number of urea groups is 1. The Morgan fingerprint density at radius 1 is 0.973 bits per heavy atom. The summed E-state index contributed by atoms with van der Waals surface area (Å²) < 4.78 is 5.31. The Kier molecular flexibility index (Phi) is 7.49. The SMILES string of the molecule is COCCN1C[C@@H](NC(=O)Nc2c(-c3ccccc3)nc(C)c3ccc(C)cc23)[C@H](c2ccccc2)C1. The van der Waals surface area contributed by atoms with Crippen LogP contribution in [0, 0.1) is 13.8 Å². The molecular formula is C31H34N4O2. The molecule has 0 unspecified atom stereocenters. The van der Waals surface area contributed by atoms with Crippen molar-refractivity contribution in [2.45, 2.75) is 25.8 Å². The number of hydrogen-bond donors (Lipinski definition) is 2. The predicted molar refractivity (Wildman–Crippen MR) is 150 cm³/mol. The number of carbonyl (C=O) groups excluding carboxylic acids is 1. The lowest BCUT2D eigenvalue weighted by atomic mass is 9.94. The molecule has 0 aliphatic carbocycles. The Morgan fingerprint density at radius 3 is 2.43 bits per heavy atom. The van der Waals surface area contributed by atoms with E-state index in [1.54, 1.807) is 7.11 Å². The van der Waals surface area contributed by atoms with Crippen LogP contribution >= 0.6 is 0 Å². The summed E-state index contributed by atoms with van der Waals surface area (Å²) in [5, 5.41) is 8.53. The molecule has 1 aliphatic rings. The number of methoxy groups -OCH3 is 1. The fourth-order valence-electron chi connectivity index (χ4n) is 5.31. The van der Waals surface area contributed by atoms with Crippen LogP contribution in [0.4, 0.5) is 10.5 Å². The van der Waals surface area contributed by atoms with Gasteiger partial charge < -0.3 is 15.4 Å². The summed E-state index contributed by atoms with van der Waals surface area (Å²) in [6.45, 7) is 7.24. The van der Waals surface area contributed by atoms with Crippen LogP contribution in [0.1, 0.15) is 22.7 Å². The van der Waals surface area contributed by atoms with Crippen molar-refractivity contribution in [3.05, 3.63) is 95.7 Å². The molecule has 2 atom stereocenters. The maximum absolute atomic E-state index is 13.6. The van der Waals surface area contributed by atoms with E-state index in [0.29, 0.717) is 6.61 Å². The van der Waals surface area contributed by atoms with Gasteiger partial charge in [0.2, 0.25) is 0 Å². The van der Waals surface area contributed by atoms with E-state index < -0.39 is 0 Å². The third-order valence-electron chi connectivity index (χ3n) is 7.19. The molecule has 5 rings (SSSR count). The van der Waals surface area contributed by atoms with Crippen molar-refractivity contribution >= 4 is 22.5 Å². The van der Waals surface area contributed by atoms with E-state index in [2.05, 4.69) is 64.9 Å². The average molecular weight is 495 g/mol. The molecule has 37 heavy (non-hydrogen) atoms. The standard InChI is InChI=1S/C31H34N4O2/c1-21-14-15-25-22(2)32-29(24-12-8-5-9-13-24)30(26(25)18-21)34-31(36)33-28-20-35(16-17-37-3)19-27(28)23-10-6-4-7-11-23/h4-15,18,27-28H,16-17,19-20H2,1-3H3,(H2,33,34,36)/t27-,28+/m0/s1. The van der Waals surface area contributed by atoms with E-state index in [1.165, 1.54) is 5.56 Å². The van der Waals surface area contributed by atoms with Gasteiger partial charge in [-0.25, -0.2) is 4.79 Å². The molecule has 0 radical (unpaired) electrons. The lowest BCUT2D eigenvalue weighted by Gasteiger charge is -2.22. The van der Waals surface area contributed by atoms with Gasteiger partial charge in [0, 0.05) is 54.7 Å². The number of aromatic nitrogens is 1. The maximum Gasteiger partial charge on any atom is 0.319 e. The molecule has 1 aromatic heterocycles. The molecule has 1 saturated heterocycles. The van der Waals surface area contributed by atoms with Gasteiger partial charge in [0.15, 0.2) is 0 Å². The van der Waals surface area contributed by atoms with Crippen LogP contribution in [0.2, 0.25) is 0 Å². The molecule has 1 aliphatic heterocycles. The third kappa shape index (κ3) is 5.50. The predicted octanol–water partition coefficient (Wildman–Crippen LogP) is 5.75. The van der Waals surface area contributed by atoms with Gasteiger partial charge in [0.25, 0.3) is 0 Å². The number of benzene rings is 3. The average Bonchev–Trinajstić information content (AvgIpc) is 3.32. The number of hydrogen-bond acceptors (Lipinski definition) is 4. The number of aryl methyl sites for hydroxylation is 2. The molecule has 1 fully saturated rings. The first-order chi connectivity index (χ1) is 18.0. The lowest BCUT2D eigenvalue weighted by molar-refractivity contribution is 0.159. The van der Waals surface area contributed by atoms with Gasteiger partial charge in [-0.3, -0.25) is 9.88 Å². The molecule has 2 heterocycles. The zero-order chi connectivity index (χ0) is 25.8. The highest BCUT2D eigenvalue weighted by Crippen LogP contribution is 2.35. The highest BCUT2D eigenvalue weighted by molar-refractivity contribution is 6.07. The van der Waals surface area contributed by atoms with E-state index in [4.69, 9.17) is 9.72 Å². The van der Waals surface area contributed by atoms with Gasteiger partial charge in [-0.15, -0.1) is 0 Å². The highest BCUT2D eigenvalue weighted by Gasteiger charge is 2.34. The van der Waals surface area contributed by atoms with Crippen LogP contribution in [0.3, 0.4) is 0 Å². The number of likely N-dealkylation sites (tertiary alicyclic amines) is 1. The Hall–Kier alpha value is -3.74. The third-order valence-corrected chi connectivity index (χ3v) is 7.19. The number of carbonyl (C=O) groups is 1. The van der Waals surface area contributed by atoms with Crippen LogP contribution < -0.4 is 10.6 Å². The highest BCUT2D eigenvalue weighted by atomic mass is 16.5. The minimum absolute atomic E-state index is 0.0224. The molecule has 0 spiro atoms. The van der Waals surface area contributed by atoms with Crippen molar-refractivity contribution < 1.29 is 9.53 Å². The molecular weight excluding hydrogens is 460 g/mol. The Bertz CT molecular complexity index is 1370. The van der Waals surface area contributed by atoms with Crippen molar-refractivity contribution in [1.29, 1.82) is 0 Å². The zero-order valence-corrected chi connectivity index (χ0v) is 21.7. The van der Waals surface area contributed by atoms with Crippen LogP contribution in [0.5, 0.6) is 0 Å². The van der Waals surface area contributed by atoms with Crippen molar-refractivity contribution in [1.82, 2.24) is 15.2 Å². The number of nitrogens with zero attached hydrogens (tertiary/aromatic N) is 2. The number of amides is 2. The summed E-state index contributed by atoms with van der Waals surface area (Å²) in [6.07, 6.45) is 0. The van der Waals surface area contributed by atoms with Crippen LogP contribution in [0.15, 0.2) is 78.9 Å². The normalized spacial score (nSPS) is 17.7. The minimum Gasteiger partial charge on any atom is -0.383 e. The fourth-order valence-corrected chi connectivity index (χ4v) is 5.31. The summed E-state index contributed by atoms with van der Waals surface area (Å²) >= 11 is 0. The molecule has 2 N–H and O–H groups in total. The fraction of sp³-hybridized carbons (Fsp3) is 0.290. The topological polar surface area (TPSA) is 66.5 Å². The quantitative estimate of drug-likeness (QED) is 0.343. The monoisotopic (exact) mass is 494 g/mol. The molecule has 0 bridgehead atoms. The van der Waals surface area contributed by atoms with Gasteiger partial charge >= 0.3 is 6.03 Å². The van der Waals surface area contributed by atoms with E-state index in [-0.39, 0.29) is 18.0 Å². The number of rotatable bonds is 7. The summed E-state index contributed by atoms with van der Waals surface area (Å²) in [4.78, 5) is 20.9. The van der Waals surface area contributed by atoms with Crippen molar-refractivity contribution in [2.24, 2.45) is 0 Å². The minimum atomic E-state index is -0.217. The second-order valence-electron chi connectivity index (χ2n) is 9.81. The lowest BCUT2D eigenvalue weighted by Crippen LogP contribution is -2.42. The molecule has 190 valence electrons. The van der Waals surface area contributed by atoms with E-state index >= 15 is 0 Å². The molecule has 3 aromatic carbocycles. The molecule has 2 amide bonds. The summed E-state index contributed by atoms with van der Waals surface area (Å²) in [5.74, 6) is 0.201. The van der Waals surface area contributed by atoms with Gasteiger partial charge in [-0.2, -0.15) is 0 Å². The second kappa shape index (κ2) is 11.1. The largest absolute Gasteiger partial charge is 0.383 e. The van der Waals surface area contributed by atoms with Gasteiger partial charge in [0.05, 0.1) is 24.0 Å². The van der Waals surface area contributed by atoms with Gasteiger partial charge in [-0.1, -0.05) is 78.4 Å². The second-order valence-corrected chi connectivity index (χ2v) is 9.81. The Labute approximate surface area is 218 Å². The number of ether oxygens (including phenoxy) is 1. The number of pyridine rings is 1. The summed E-state index contributed by atoms with van der Waals surface area (Å²) in [6, 6.07) is 26.5. The van der Waals surface area contributed by atoms with Crippen LogP contribution in [-0.4, -0.2) is 55.3 Å². The van der Waals surface area contributed by atoms with Crippen molar-refractivity contribution in [3.8, 4) is 11.3 Å².